The number of aromatic nitrogens is 4. The highest BCUT2D eigenvalue weighted by atomic mass is 35.5. The molecular formula is C20H20ClN5O3. The fourth-order valence-corrected chi connectivity index (χ4v) is 2.91. The first-order valence-electron chi connectivity index (χ1n) is 8.93. The molecule has 0 aliphatic rings. The van der Waals surface area contributed by atoms with Crippen molar-refractivity contribution in [1.29, 1.82) is 0 Å². The smallest absolute Gasteiger partial charge is 0.390 e. The Kier molecular flexibility index (Phi) is 6.23. The summed E-state index contributed by atoms with van der Waals surface area (Å²) in [5, 5.41) is 4.84. The summed E-state index contributed by atoms with van der Waals surface area (Å²) in [6.07, 6.45) is 3.73. The summed E-state index contributed by atoms with van der Waals surface area (Å²) in [4.78, 5) is 32.9. The summed E-state index contributed by atoms with van der Waals surface area (Å²) in [6, 6.07) is 7.36. The van der Waals surface area contributed by atoms with Crippen LogP contribution in [0.5, 0.6) is 0 Å². The minimum atomic E-state index is -0.579. The Morgan fingerprint density at radius 1 is 1.31 bits per heavy atom. The van der Waals surface area contributed by atoms with Crippen LogP contribution in [-0.2, 0) is 19.5 Å². The van der Waals surface area contributed by atoms with Gasteiger partial charge in [-0.05, 0) is 50.3 Å². The predicted octanol–water partition coefficient (Wildman–Crippen LogP) is 3.09. The molecule has 9 heteroatoms. The highest BCUT2D eigenvalue weighted by Crippen LogP contribution is 2.19. The van der Waals surface area contributed by atoms with Crippen molar-refractivity contribution in [3.8, 4) is 0 Å². The molecule has 0 saturated carbocycles. The van der Waals surface area contributed by atoms with E-state index in [2.05, 4.69) is 21.8 Å². The van der Waals surface area contributed by atoms with Crippen molar-refractivity contribution in [2.24, 2.45) is 4.99 Å². The zero-order valence-corrected chi connectivity index (χ0v) is 16.9. The molecule has 29 heavy (non-hydrogen) atoms. The number of aryl methyl sites for hydroxylation is 2. The number of hydrogen-bond donors (Lipinski definition) is 0. The standard InChI is InChI=1S/C20H20ClN5O3/c1-4-13(2)17-18(22-3)23-12-25(19(17)27)11-16-24-26(20(28)29-16)10-9-14-5-7-15(21)8-6-14/h4-8,12H,3,9-11H2,1-2H3/b13-4-. The lowest BCUT2D eigenvalue weighted by atomic mass is 10.1. The summed E-state index contributed by atoms with van der Waals surface area (Å²) < 4.78 is 7.76. The van der Waals surface area contributed by atoms with E-state index in [0.29, 0.717) is 23.6 Å². The molecule has 0 N–H and O–H groups in total. The summed E-state index contributed by atoms with van der Waals surface area (Å²) in [5.41, 5.74) is 1.80. The van der Waals surface area contributed by atoms with Crippen LogP contribution in [0.4, 0.5) is 5.82 Å². The Labute approximate surface area is 171 Å². The van der Waals surface area contributed by atoms with E-state index in [-0.39, 0.29) is 23.8 Å². The molecule has 0 amide bonds. The third-order valence-electron chi connectivity index (χ3n) is 4.47. The molecular weight excluding hydrogens is 394 g/mol. The molecule has 8 nitrogen and oxygen atoms in total. The highest BCUT2D eigenvalue weighted by Gasteiger charge is 2.15. The van der Waals surface area contributed by atoms with Gasteiger partial charge in [-0.2, -0.15) is 4.68 Å². The van der Waals surface area contributed by atoms with Crippen molar-refractivity contribution >= 4 is 29.7 Å². The third-order valence-corrected chi connectivity index (χ3v) is 4.73. The van der Waals surface area contributed by atoms with Crippen LogP contribution in [0.15, 0.2) is 55.7 Å². The van der Waals surface area contributed by atoms with Gasteiger partial charge in [-0.15, -0.1) is 5.10 Å². The van der Waals surface area contributed by atoms with Crippen molar-refractivity contribution in [1.82, 2.24) is 19.3 Å². The molecule has 0 atom stereocenters. The van der Waals surface area contributed by atoms with E-state index in [0.717, 1.165) is 11.1 Å². The normalized spacial score (nSPS) is 11.6. The second-order valence-electron chi connectivity index (χ2n) is 6.37. The van der Waals surface area contributed by atoms with Crippen molar-refractivity contribution in [2.45, 2.75) is 33.4 Å². The van der Waals surface area contributed by atoms with Crippen LogP contribution in [0, 0.1) is 0 Å². The molecule has 0 aliphatic carbocycles. The molecule has 0 aliphatic heterocycles. The van der Waals surface area contributed by atoms with E-state index in [4.69, 9.17) is 16.0 Å². The van der Waals surface area contributed by atoms with Crippen LogP contribution >= 0.6 is 11.6 Å². The lowest BCUT2D eigenvalue weighted by Gasteiger charge is -2.08. The van der Waals surface area contributed by atoms with Crippen LogP contribution in [0.25, 0.3) is 5.57 Å². The van der Waals surface area contributed by atoms with Gasteiger partial charge in [-0.3, -0.25) is 9.36 Å². The topological polar surface area (TPSA) is 95.3 Å². The second-order valence-corrected chi connectivity index (χ2v) is 6.80. The van der Waals surface area contributed by atoms with Crippen LogP contribution in [0.2, 0.25) is 5.02 Å². The Hall–Kier alpha value is -3.26. The quantitative estimate of drug-likeness (QED) is 0.554. The van der Waals surface area contributed by atoms with Gasteiger partial charge in [-0.1, -0.05) is 29.8 Å². The minimum absolute atomic E-state index is 0.0174. The maximum Gasteiger partial charge on any atom is 0.437 e. The first-order valence-corrected chi connectivity index (χ1v) is 9.31. The molecule has 0 fully saturated rings. The SMILES string of the molecule is C=Nc1ncn(Cc2nn(CCc3ccc(Cl)cc3)c(=O)o2)c(=O)c1/C(C)=C\C. The van der Waals surface area contributed by atoms with Crippen LogP contribution < -0.4 is 11.3 Å². The van der Waals surface area contributed by atoms with Gasteiger partial charge in [0.25, 0.3) is 5.56 Å². The van der Waals surface area contributed by atoms with Crippen molar-refractivity contribution in [3.63, 3.8) is 0 Å². The summed E-state index contributed by atoms with van der Waals surface area (Å²) in [5.74, 6) is -0.195. The number of hydrogen-bond acceptors (Lipinski definition) is 6. The van der Waals surface area contributed by atoms with Gasteiger partial charge in [0.1, 0.15) is 12.9 Å². The maximum absolute atomic E-state index is 12.8. The van der Waals surface area contributed by atoms with Gasteiger partial charge in [0.15, 0.2) is 5.82 Å². The molecule has 0 spiro atoms. The molecule has 0 unspecified atom stereocenters. The fraction of sp³-hybridized carbons (Fsp3) is 0.250. The van der Waals surface area contributed by atoms with Crippen molar-refractivity contribution in [2.75, 3.05) is 0 Å². The molecule has 1 aromatic carbocycles. The van der Waals surface area contributed by atoms with E-state index in [1.165, 1.54) is 15.6 Å². The first-order chi connectivity index (χ1) is 13.9. The van der Waals surface area contributed by atoms with E-state index < -0.39 is 5.76 Å². The van der Waals surface area contributed by atoms with Gasteiger partial charge in [0.05, 0.1) is 12.1 Å². The molecule has 0 saturated heterocycles. The van der Waals surface area contributed by atoms with E-state index in [1.54, 1.807) is 25.1 Å². The number of rotatable bonds is 7. The molecule has 150 valence electrons. The minimum Gasteiger partial charge on any atom is -0.390 e. The van der Waals surface area contributed by atoms with Gasteiger partial charge in [-0.25, -0.2) is 14.8 Å². The van der Waals surface area contributed by atoms with Crippen LogP contribution in [-0.4, -0.2) is 26.0 Å². The largest absolute Gasteiger partial charge is 0.437 e. The van der Waals surface area contributed by atoms with Crippen molar-refractivity contribution in [3.05, 3.63) is 79.6 Å². The van der Waals surface area contributed by atoms with Crippen LogP contribution in [0.1, 0.15) is 30.9 Å². The zero-order chi connectivity index (χ0) is 21.0. The van der Waals surface area contributed by atoms with E-state index >= 15 is 0 Å². The summed E-state index contributed by atoms with van der Waals surface area (Å²) in [7, 11) is 0. The average Bonchev–Trinajstić information content (AvgIpc) is 3.07. The van der Waals surface area contributed by atoms with E-state index in [9.17, 15) is 9.59 Å². The number of allylic oxidation sites excluding steroid dienone is 2. The molecule has 2 aromatic heterocycles. The second kappa shape index (κ2) is 8.83. The fourth-order valence-electron chi connectivity index (χ4n) is 2.79. The van der Waals surface area contributed by atoms with Crippen LogP contribution in [0.3, 0.4) is 0 Å². The number of aliphatic imine (C=N–C) groups is 1. The van der Waals surface area contributed by atoms with Gasteiger partial charge < -0.3 is 4.42 Å². The van der Waals surface area contributed by atoms with Gasteiger partial charge in [0.2, 0.25) is 5.89 Å². The Bertz CT molecular complexity index is 1170. The highest BCUT2D eigenvalue weighted by molar-refractivity contribution is 6.30. The monoisotopic (exact) mass is 413 g/mol. The van der Waals surface area contributed by atoms with Gasteiger partial charge >= 0.3 is 5.76 Å². The molecule has 3 aromatic rings. The molecule has 3 rings (SSSR count). The van der Waals surface area contributed by atoms with Gasteiger partial charge in [0, 0.05) is 5.02 Å². The maximum atomic E-state index is 12.8. The number of halogens is 1. The van der Waals surface area contributed by atoms with E-state index in [1.807, 2.05) is 19.1 Å². The molecule has 0 bridgehead atoms. The lowest BCUT2D eigenvalue weighted by Crippen LogP contribution is -2.24. The average molecular weight is 414 g/mol. The molecule has 2 heterocycles. The zero-order valence-electron chi connectivity index (χ0n) is 16.1. The number of benzene rings is 1. The summed E-state index contributed by atoms with van der Waals surface area (Å²) >= 11 is 5.88. The lowest BCUT2D eigenvalue weighted by molar-refractivity contribution is 0.433. The Balaban J connectivity index is 1.82. The Morgan fingerprint density at radius 2 is 2.03 bits per heavy atom. The molecule has 0 radical (unpaired) electrons. The first kappa shape index (κ1) is 20.5. The summed E-state index contributed by atoms with van der Waals surface area (Å²) in [6.45, 7) is 7.40. The van der Waals surface area contributed by atoms with Crippen molar-refractivity contribution < 1.29 is 4.42 Å². The number of nitrogens with zero attached hydrogens (tertiary/aromatic N) is 5. The Morgan fingerprint density at radius 3 is 2.69 bits per heavy atom. The third kappa shape index (κ3) is 4.60. The predicted molar refractivity (Wildman–Crippen MR) is 112 cm³/mol.